The van der Waals surface area contributed by atoms with Gasteiger partial charge in [0.25, 0.3) is 11.6 Å². The van der Waals surface area contributed by atoms with Crippen molar-refractivity contribution in [2.75, 3.05) is 45.8 Å². The fourth-order valence-electron chi connectivity index (χ4n) is 4.01. The highest BCUT2D eigenvalue weighted by Crippen LogP contribution is 2.36. The largest absolute Gasteiger partial charge is 0.494 e. The zero-order valence-electron chi connectivity index (χ0n) is 19.2. The second-order valence-electron chi connectivity index (χ2n) is 8.62. The third-order valence-electron chi connectivity index (χ3n) is 5.33. The Morgan fingerprint density at radius 3 is 2.56 bits per heavy atom. The van der Waals surface area contributed by atoms with Crippen LogP contribution in [0.5, 0.6) is 5.75 Å². The van der Waals surface area contributed by atoms with Gasteiger partial charge in [0.05, 0.1) is 30.2 Å². The summed E-state index contributed by atoms with van der Waals surface area (Å²) in [6, 6.07) is 2.33. The lowest BCUT2D eigenvalue weighted by molar-refractivity contribution is -0.384. The Balaban J connectivity index is 2.34. The number of rotatable bonds is 8. The Hall–Kier alpha value is -3.08. The van der Waals surface area contributed by atoms with Crippen LogP contribution in [0.2, 0.25) is 0 Å². The summed E-state index contributed by atoms with van der Waals surface area (Å²) in [5.41, 5.74) is -0.615. The molecule has 0 saturated carbocycles. The van der Waals surface area contributed by atoms with Gasteiger partial charge >= 0.3 is 6.09 Å². The van der Waals surface area contributed by atoms with Crippen LogP contribution in [0.3, 0.4) is 0 Å². The zero-order valence-corrected chi connectivity index (χ0v) is 19.2. The Morgan fingerprint density at radius 2 is 2.03 bits per heavy atom. The van der Waals surface area contributed by atoms with E-state index in [1.165, 1.54) is 31.3 Å². The molecule has 32 heavy (non-hydrogen) atoms. The third kappa shape index (κ3) is 5.78. The maximum Gasteiger partial charge on any atom is 0.408 e. The van der Waals surface area contributed by atoms with E-state index in [-0.39, 0.29) is 35.3 Å². The minimum Gasteiger partial charge on any atom is -0.494 e. The number of carbonyl (C=O) groups is 2. The Morgan fingerprint density at radius 1 is 1.34 bits per heavy atom. The van der Waals surface area contributed by atoms with Gasteiger partial charge in [-0.25, -0.2) is 4.79 Å². The van der Waals surface area contributed by atoms with Crippen LogP contribution in [-0.4, -0.2) is 83.9 Å². The van der Waals surface area contributed by atoms with E-state index < -0.39 is 22.5 Å². The Labute approximate surface area is 187 Å². The molecule has 1 fully saturated rings. The van der Waals surface area contributed by atoms with Crippen LogP contribution in [0, 0.1) is 10.1 Å². The molecule has 2 N–H and O–H groups in total. The molecule has 0 spiro atoms. The van der Waals surface area contributed by atoms with Crippen molar-refractivity contribution in [1.82, 2.24) is 9.80 Å². The molecule has 0 bridgehead atoms. The number of methoxy groups -OCH3 is 2. The highest BCUT2D eigenvalue weighted by atomic mass is 16.6. The van der Waals surface area contributed by atoms with Crippen molar-refractivity contribution in [1.29, 1.82) is 0 Å². The van der Waals surface area contributed by atoms with Gasteiger partial charge in [0.15, 0.2) is 5.69 Å². The zero-order chi connectivity index (χ0) is 24.1. The van der Waals surface area contributed by atoms with Crippen molar-refractivity contribution in [2.24, 2.45) is 0 Å². The summed E-state index contributed by atoms with van der Waals surface area (Å²) in [5.74, 6) is -0.229. The van der Waals surface area contributed by atoms with E-state index in [0.717, 1.165) is 0 Å². The molecular weight excluding hydrogens is 420 g/mol. The average molecular weight is 453 g/mol. The van der Waals surface area contributed by atoms with Gasteiger partial charge in [-0.15, -0.1) is 0 Å². The van der Waals surface area contributed by atoms with Crippen LogP contribution in [-0.2, 0) is 4.74 Å². The molecule has 1 aromatic rings. The normalized spacial score (nSPS) is 16.4. The SMILES string of the molecule is COCCNc1c(OC)cc(C(=O)N2CCCC(N(C(=O)O)C(C)(C)C)C2)cc1[N+](=O)[O-]. The van der Waals surface area contributed by atoms with Gasteiger partial charge in [-0.1, -0.05) is 0 Å². The molecule has 0 aromatic heterocycles. The summed E-state index contributed by atoms with van der Waals surface area (Å²) in [6.45, 7) is 6.75. The maximum absolute atomic E-state index is 13.2. The van der Waals surface area contributed by atoms with Gasteiger partial charge in [-0.3, -0.25) is 19.8 Å². The Kier molecular flexibility index (Phi) is 8.25. The van der Waals surface area contributed by atoms with E-state index in [0.29, 0.717) is 32.5 Å². The molecule has 1 atom stereocenters. The van der Waals surface area contributed by atoms with E-state index in [1.54, 1.807) is 4.90 Å². The lowest BCUT2D eigenvalue weighted by Crippen LogP contribution is -2.57. The van der Waals surface area contributed by atoms with E-state index in [1.807, 2.05) is 20.8 Å². The minimum absolute atomic E-state index is 0.115. The number of piperidine rings is 1. The summed E-state index contributed by atoms with van der Waals surface area (Å²) in [7, 11) is 2.89. The van der Waals surface area contributed by atoms with E-state index in [9.17, 15) is 24.8 Å². The van der Waals surface area contributed by atoms with Crippen LogP contribution >= 0.6 is 0 Å². The molecule has 178 valence electrons. The standard InChI is InChI=1S/C21H32N4O7/c1-21(2,3)24(20(27)28)15-7-6-9-23(13-15)19(26)14-11-16(25(29)30)18(17(12-14)32-5)22-8-10-31-4/h11-12,15,22H,6-10,13H2,1-5H3,(H,27,28). The first-order valence-corrected chi connectivity index (χ1v) is 10.4. The van der Waals surface area contributed by atoms with Crippen LogP contribution in [0.25, 0.3) is 0 Å². The number of hydrogen-bond acceptors (Lipinski definition) is 7. The molecular formula is C21H32N4O7. The van der Waals surface area contributed by atoms with Gasteiger partial charge in [-0.05, 0) is 39.7 Å². The molecule has 1 heterocycles. The number of carbonyl (C=O) groups excluding carboxylic acids is 1. The Bertz CT molecular complexity index is 853. The molecule has 1 saturated heterocycles. The van der Waals surface area contributed by atoms with Gasteiger partial charge in [0.2, 0.25) is 0 Å². The number of amides is 2. The van der Waals surface area contributed by atoms with E-state index in [4.69, 9.17) is 9.47 Å². The fraction of sp³-hybridized carbons (Fsp3) is 0.619. The molecule has 11 heteroatoms. The smallest absolute Gasteiger partial charge is 0.408 e. The number of carboxylic acid groups (broad SMARTS) is 1. The first-order chi connectivity index (χ1) is 15.0. The average Bonchev–Trinajstić information content (AvgIpc) is 2.72. The number of nitrogens with zero attached hydrogens (tertiary/aromatic N) is 3. The number of likely N-dealkylation sites (tertiary alicyclic amines) is 1. The van der Waals surface area contributed by atoms with Gasteiger partial charge in [-0.2, -0.15) is 0 Å². The second kappa shape index (κ2) is 10.5. The second-order valence-corrected chi connectivity index (χ2v) is 8.62. The first-order valence-electron chi connectivity index (χ1n) is 10.4. The molecule has 0 radical (unpaired) electrons. The summed E-state index contributed by atoms with van der Waals surface area (Å²) in [5, 5.41) is 24.3. The van der Waals surface area contributed by atoms with Crippen molar-refractivity contribution in [2.45, 2.75) is 45.2 Å². The summed E-state index contributed by atoms with van der Waals surface area (Å²) < 4.78 is 10.3. The quantitative estimate of drug-likeness (QED) is 0.349. The molecule has 0 aliphatic carbocycles. The number of hydrogen-bond donors (Lipinski definition) is 2. The first kappa shape index (κ1) is 25.2. The molecule has 2 rings (SSSR count). The molecule has 2 amide bonds. The van der Waals surface area contributed by atoms with E-state index in [2.05, 4.69) is 5.32 Å². The van der Waals surface area contributed by atoms with Crippen molar-refractivity contribution in [3.8, 4) is 5.75 Å². The van der Waals surface area contributed by atoms with Crippen molar-refractivity contribution in [3.63, 3.8) is 0 Å². The number of nitro benzene ring substituents is 1. The van der Waals surface area contributed by atoms with Crippen LogP contribution < -0.4 is 10.1 Å². The maximum atomic E-state index is 13.2. The number of benzene rings is 1. The van der Waals surface area contributed by atoms with Crippen LogP contribution in [0.4, 0.5) is 16.2 Å². The monoisotopic (exact) mass is 452 g/mol. The summed E-state index contributed by atoms with van der Waals surface area (Å²) in [4.78, 5) is 39.1. The molecule has 11 nitrogen and oxygen atoms in total. The molecule has 1 aromatic carbocycles. The lowest BCUT2D eigenvalue weighted by Gasteiger charge is -2.44. The molecule has 1 unspecified atom stereocenters. The highest BCUT2D eigenvalue weighted by Gasteiger charge is 2.37. The number of anilines is 1. The summed E-state index contributed by atoms with van der Waals surface area (Å²) in [6.07, 6.45) is 0.228. The topological polar surface area (TPSA) is 134 Å². The van der Waals surface area contributed by atoms with Crippen LogP contribution in [0.1, 0.15) is 44.0 Å². The van der Waals surface area contributed by atoms with Gasteiger partial charge in [0.1, 0.15) is 5.75 Å². The predicted octanol–water partition coefficient (Wildman–Crippen LogP) is 3.04. The molecule has 1 aliphatic rings. The number of ether oxygens (including phenoxy) is 2. The predicted molar refractivity (Wildman–Crippen MR) is 119 cm³/mol. The van der Waals surface area contributed by atoms with Crippen LogP contribution in [0.15, 0.2) is 12.1 Å². The van der Waals surface area contributed by atoms with Crippen molar-refractivity contribution in [3.05, 3.63) is 27.8 Å². The van der Waals surface area contributed by atoms with E-state index >= 15 is 0 Å². The van der Waals surface area contributed by atoms with Crippen molar-refractivity contribution < 1.29 is 29.1 Å². The minimum atomic E-state index is -1.04. The molecule has 1 aliphatic heterocycles. The number of nitrogens with one attached hydrogen (secondary N) is 1. The number of nitro groups is 1. The van der Waals surface area contributed by atoms with Crippen molar-refractivity contribution >= 4 is 23.4 Å². The lowest BCUT2D eigenvalue weighted by atomic mass is 9.97. The summed E-state index contributed by atoms with van der Waals surface area (Å²) >= 11 is 0. The van der Waals surface area contributed by atoms with Gasteiger partial charge < -0.3 is 24.8 Å². The highest BCUT2D eigenvalue weighted by molar-refractivity contribution is 5.97. The fourth-order valence-corrected chi connectivity index (χ4v) is 4.01. The van der Waals surface area contributed by atoms with Gasteiger partial charge in [0, 0.05) is 38.3 Å². The third-order valence-corrected chi connectivity index (χ3v) is 5.33.